The van der Waals surface area contributed by atoms with E-state index in [4.69, 9.17) is 15.5 Å². The van der Waals surface area contributed by atoms with Crippen LogP contribution >= 0.6 is 0 Å². The minimum absolute atomic E-state index is 0.0366. The summed E-state index contributed by atoms with van der Waals surface area (Å²) in [5, 5.41) is 13.1. The fourth-order valence-electron chi connectivity index (χ4n) is 4.77. The van der Waals surface area contributed by atoms with Crippen molar-refractivity contribution in [2.75, 3.05) is 7.11 Å². The second-order valence-electron chi connectivity index (χ2n) is 9.89. The van der Waals surface area contributed by atoms with E-state index < -0.39 is 0 Å². The molecule has 1 atom stereocenters. The van der Waals surface area contributed by atoms with Crippen LogP contribution in [0, 0.1) is 0 Å². The average molecular weight is 512 g/mol. The molecule has 0 aliphatic heterocycles. The van der Waals surface area contributed by atoms with Gasteiger partial charge in [0.25, 0.3) is 0 Å². The van der Waals surface area contributed by atoms with Gasteiger partial charge in [-0.2, -0.15) is 0 Å². The first-order valence-electron chi connectivity index (χ1n) is 13.4. The lowest BCUT2D eigenvalue weighted by molar-refractivity contribution is -0.127. The number of aryl methyl sites for hydroxylation is 2. The molecule has 202 valence electrons. The van der Waals surface area contributed by atoms with Crippen molar-refractivity contribution >= 4 is 17.5 Å². The van der Waals surface area contributed by atoms with E-state index in [1.807, 2.05) is 10.8 Å². The number of hydrogen-bond acceptors (Lipinski definition) is 6. The lowest BCUT2D eigenvalue weighted by atomic mass is 9.96. The molecule has 3 rings (SSSR count). The van der Waals surface area contributed by atoms with Gasteiger partial charge in [-0.1, -0.05) is 25.3 Å². The second-order valence-corrected chi connectivity index (χ2v) is 9.89. The Balaban J connectivity index is 1.42. The molecule has 0 spiro atoms. The predicted octanol–water partition coefficient (Wildman–Crippen LogP) is 3.92. The van der Waals surface area contributed by atoms with Gasteiger partial charge in [0, 0.05) is 37.8 Å². The van der Waals surface area contributed by atoms with Crippen LogP contribution in [0.5, 0.6) is 11.5 Å². The highest BCUT2D eigenvalue weighted by Crippen LogP contribution is 2.27. The van der Waals surface area contributed by atoms with Crippen LogP contribution in [0.25, 0.3) is 0 Å². The van der Waals surface area contributed by atoms with Gasteiger partial charge in [0.05, 0.1) is 25.9 Å². The van der Waals surface area contributed by atoms with Crippen molar-refractivity contribution in [1.29, 1.82) is 0 Å². The molecule has 1 aromatic heterocycles. The van der Waals surface area contributed by atoms with Gasteiger partial charge in [-0.3, -0.25) is 14.6 Å². The average Bonchev–Trinajstić information content (AvgIpc) is 3.41. The van der Waals surface area contributed by atoms with E-state index in [1.54, 1.807) is 30.7 Å². The third-order valence-electron chi connectivity index (χ3n) is 6.88. The fourth-order valence-corrected chi connectivity index (χ4v) is 4.77. The summed E-state index contributed by atoms with van der Waals surface area (Å²) in [5.74, 6) is 0.810. The van der Waals surface area contributed by atoms with Crippen molar-refractivity contribution in [3.8, 4) is 11.5 Å². The Labute approximate surface area is 219 Å². The highest BCUT2D eigenvalue weighted by molar-refractivity contribution is 5.99. The van der Waals surface area contributed by atoms with E-state index in [2.05, 4.69) is 10.3 Å². The van der Waals surface area contributed by atoms with Crippen LogP contribution in [0.15, 0.2) is 41.9 Å². The summed E-state index contributed by atoms with van der Waals surface area (Å²) in [5.41, 5.74) is 7.13. The molecule has 0 bridgehead atoms. The van der Waals surface area contributed by atoms with Gasteiger partial charge < -0.3 is 25.5 Å². The molecule has 1 aliphatic rings. The summed E-state index contributed by atoms with van der Waals surface area (Å²) >= 11 is 0. The Kier molecular flexibility index (Phi) is 11.5. The molecule has 0 radical (unpaired) electrons. The number of methoxy groups -OCH3 is 1. The van der Waals surface area contributed by atoms with Gasteiger partial charge in [-0.05, 0) is 56.2 Å². The lowest BCUT2D eigenvalue weighted by Gasteiger charge is -2.22. The molecule has 0 saturated heterocycles. The monoisotopic (exact) mass is 511 g/mol. The summed E-state index contributed by atoms with van der Waals surface area (Å²) in [4.78, 5) is 33.6. The van der Waals surface area contributed by atoms with E-state index in [0.717, 1.165) is 37.8 Å². The number of nitrogens with two attached hydrogens (primary N) is 1. The molecule has 1 aromatic carbocycles. The fraction of sp³-hybridized carbons (Fsp3) is 0.571. The molecule has 1 heterocycles. The van der Waals surface area contributed by atoms with E-state index >= 15 is 0 Å². The first-order valence-corrected chi connectivity index (χ1v) is 13.4. The largest absolute Gasteiger partial charge is 0.504 e. The Hall–Kier alpha value is -3.36. The molecule has 9 heteroatoms. The molecule has 37 heavy (non-hydrogen) atoms. The molecule has 9 nitrogen and oxygen atoms in total. The minimum atomic E-state index is -0.0734. The van der Waals surface area contributed by atoms with Crippen molar-refractivity contribution < 1.29 is 19.4 Å². The number of ether oxygens (including phenoxy) is 1. The molecule has 0 amide bonds. The summed E-state index contributed by atoms with van der Waals surface area (Å²) < 4.78 is 7.13. The number of nitrogens with one attached hydrogen (secondary N) is 1. The standard InChI is InChI=1S/C28H41N5O4/c1-37-27-18-21(11-13-26(27)36)10-12-25(35)19-24(34)9-5-8-23(14-16-33-17-15-30-20-33)32-28(29)31-22-6-3-2-4-7-22/h11,13,15,17-18,20,22-23,36H,2-10,12,14,16,19H2,1H3,(H3,29,31,32). The number of aliphatic imine (C=N–C) groups is 1. The van der Waals surface area contributed by atoms with Crippen LogP contribution in [-0.4, -0.2) is 51.4 Å². The van der Waals surface area contributed by atoms with E-state index in [1.165, 1.54) is 26.4 Å². The topological polar surface area (TPSA) is 132 Å². The van der Waals surface area contributed by atoms with Gasteiger partial charge in [-0.25, -0.2) is 4.98 Å². The van der Waals surface area contributed by atoms with Crippen molar-refractivity contribution in [2.45, 2.75) is 95.7 Å². The summed E-state index contributed by atoms with van der Waals surface area (Å²) in [7, 11) is 1.48. The quantitative estimate of drug-likeness (QED) is 0.188. The van der Waals surface area contributed by atoms with Gasteiger partial charge in [0.1, 0.15) is 11.6 Å². The van der Waals surface area contributed by atoms with Gasteiger partial charge >= 0.3 is 0 Å². The molecular formula is C28H41N5O4. The van der Waals surface area contributed by atoms with Crippen LogP contribution in [-0.2, 0) is 22.6 Å². The second kappa shape index (κ2) is 15.0. The minimum Gasteiger partial charge on any atom is -0.504 e. The summed E-state index contributed by atoms with van der Waals surface area (Å²) in [6, 6.07) is 5.40. The number of hydrogen-bond donors (Lipinski definition) is 3. The third kappa shape index (κ3) is 10.3. The lowest BCUT2D eigenvalue weighted by Crippen LogP contribution is -2.41. The van der Waals surface area contributed by atoms with Gasteiger partial charge in [0.2, 0.25) is 0 Å². The van der Waals surface area contributed by atoms with Crippen LogP contribution in [0.1, 0.15) is 76.2 Å². The number of benzene rings is 1. The summed E-state index contributed by atoms with van der Waals surface area (Å²) in [6.45, 7) is 0.794. The maximum absolute atomic E-state index is 12.5. The number of rotatable bonds is 15. The molecule has 1 unspecified atom stereocenters. The number of phenols is 1. The molecule has 1 saturated carbocycles. The van der Waals surface area contributed by atoms with Crippen LogP contribution in [0.4, 0.5) is 0 Å². The van der Waals surface area contributed by atoms with Crippen LogP contribution in [0.3, 0.4) is 0 Å². The van der Waals surface area contributed by atoms with Crippen molar-refractivity contribution in [1.82, 2.24) is 14.9 Å². The number of imidazole rings is 1. The number of phenolic OH excluding ortho intramolecular Hbond substituents is 1. The first kappa shape index (κ1) is 28.2. The van der Waals surface area contributed by atoms with Crippen molar-refractivity contribution in [3.05, 3.63) is 42.5 Å². The smallest absolute Gasteiger partial charge is 0.189 e. The number of ketones is 2. The van der Waals surface area contributed by atoms with Crippen LogP contribution in [0.2, 0.25) is 0 Å². The van der Waals surface area contributed by atoms with Crippen LogP contribution < -0.4 is 15.8 Å². The molecular weight excluding hydrogens is 470 g/mol. The maximum atomic E-state index is 12.5. The van der Waals surface area contributed by atoms with E-state index in [0.29, 0.717) is 37.0 Å². The number of carbonyl (C=O) groups excluding carboxylic acids is 2. The Morgan fingerprint density at radius 1 is 1.22 bits per heavy atom. The normalized spacial score (nSPS) is 15.3. The maximum Gasteiger partial charge on any atom is 0.189 e. The Bertz CT molecular complexity index is 1020. The molecule has 1 aliphatic carbocycles. The first-order chi connectivity index (χ1) is 17.9. The number of aromatic nitrogens is 2. The highest BCUT2D eigenvalue weighted by Gasteiger charge is 2.16. The zero-order chi connectivity index (χ0) is 26.5. The zero-order valence-corrected chi connectivity index (χ0v) is 21.9. The zero-order valence-electron chi connectivity index (χ0n) is 21.9. The molecule has 4 N–H and O–H groups in total. The number of carbonyl (C=O) groups is 2. The number of guanidine groups is 1. The van der Waals surface area contributed by atoms with Crippen molar-refractivity contribution in [2.24, 2.45) is 10.7 Å². The Morgan fingerprint density at radius 3 is 2.73 bits per heavy atom. The van der Waals surface area contributed by atoms with Crippen molar-refractivity contribution in [3.63, 3.8) is 0 Å². The predicted molar refractivity (Wildman–Crippen MR) is 144 cm³/mol. The summed E-state index contributed by atoms with van der Waals surface area (Å²) in [6.07, 6.45) is 14.7. The number of aromatic hydroxyl groups is 1. The van der Waals surface area contributed by atoms with E-state index in [9.17, 15) is 14.7 Å². The third-order valence-corrected chi connectivity index (χ3v) is 6.88. The van der Waals surface area contributed by atoms with Gasteiger partial charge in [0.15, 0.2) is 17.5 Å². The SMILES string of the molecule is COc1cc(CCC(=O)CC(=O)CCCC(CCn2ccnc2)NC(N)=NC2CCCCC2)ccc1O. The number of nitrogens with zero attached hydrogens (tertiary/aromatic N) is 3. The number of Topliss-reactive ketones (excluding diaryl/α,β-unsaturated/α-hetero) is 2. The van der Waals surface area contributed by atoms with E-state index in [-0.39, 0.29) is 36.2 Å². The van der Waals surface area contributed by atoms with Gasteiger partial charge in [-0.15, -0.1) is 0 Å². The Morgan fingerprint density at radius 2 is 2.00 bits per heavy atom. The molecule has 2 aromatic rings. The highest BCUT2D eigenvalue weighted by atomic mass is 16.5. The molecule has 1 fully saturated rings.